The molecule has 0 aliphatic heterocycles. The van der Waals surface area contributed by atoms with Crippen molar-refractivity contribution >= 4 is 33.0 Å². The lowest BCUT2D eigenvalue weighted by Gasteiger charge is -2.14. The number of allylic oxidation sites excluding steroid dienone is 1. The van der Waals surface area contributed by atoms with Gasteiger partial charge in [0.1, 0.15) is 11.3 Å². The van der Waals surface area contributed by atoms with Gasteiger partial charge >= 0.3 is 0 Å². The van der Waals surface area contributed by atoms with Crippen LogP contribution in [-0.4, -0.2) is 0 Å². The summed E-state index contributed by atoms with van der Waals surface area (Å²) < 4.78 is 6.99. The summed E-state index contributed by atoms with van der Waals surface area (Å²) in [6.45, 7) is 2.23. The average Bonchev–Trinajstić information content (AvgIpc) is 2.67. The molecule has 0 fully saturated rings. The van der Waals surface area contributed by atoms with E-state index in [2.05, 4.69) is 41.1 Å². The number of furan rings is 1. The first-order chi connectivity index (χ1) is 7.79. The van der Waals surface area contributed by atoms with Gasteiger partial charge in [-0.25, -0.2) is 0 Å². The first kappa shape index (κ1) is 10.2. The third kappa shape index (κ3) is 1.44. The molecule has 1 unspecified atom stereocenters. The normalized spacial score (nSPS) is 19.0. The number of halogens is 1. The zero-order valence-corrected chi connectivity index (χ0v) is 10.8. The van der Waals surface area contributed by atoms with Crippen LogP contribution in [0.25, 0.3) is 17.0 Å². The molecule has 0 saturated heterocycles. The van der Waals surface area contributed by atoms with Crippen molar-refractivity contribution in [3.8, 4) is 0 Å². The smallest absolute Gasteiger partial charge is 0.136 e. The zero-order chi connectivity index (χ0) is 11.1. The summed E-state index contributed by atoms with van der Waals surface area (Å²) in [6.07, 6.45) is 6.67. The van der Waals surface area contributed by atoms with Crippen LogP contribution in [0.4, 0.5) is 0 Å². The summed E-state index contributed by atoms with van der Waals surface area (Å²) >= 11 is 3.61. The third-order valence-corrected chi connectivity index (χ3v) is 3.97. The van der Waals surface area contributed by atoms with Crippen LogP contribution in [-0.2, 0) is 6.42 Å². The molecule has 1 aromatic carbocycles. The van der Waals surface area contributed by atoms with E-state index in [9.17, 15) is 0 Å². The van der Waals surface area contributed by atoms with Crippen LogP contribution < -0.4 is 0 Å². The predicted molar refractivity (Wildman–Crippen MR) is 70.4 cm³/mol. The summed E-state index contributed by atoms with van der Waals surface area (Å²) in [7, 11) is 0. The van der Waals surface area contributed by atoms with E-state index < -0.39 is 0 Å². The molecule has 16 heavy (non-hydrogen) atoms. The van der Waals surface area contributed by atoms with Gasteiger partial charge in [-0.2, -0.15) is 0 Å². The van der Waals surface area contributed by atoms with E-state index in [1.165, 1.54) is 17.4 Å². The van der Waals surface area contributed by atoms with Gasteiger partial charge < -0.3 is 4.42 Å². The van der Waals surface area contributed by atoms with Crippen molar-refractivity contribution in [1.82, 2.24) is 0 Å². The molecule has 0 N–H and O–H groups in total. The fourth-order valence-corrected chi connectivity index (χ4v) is 2.94. The zero-order valence-electron chi connectivity index (χ0n) is 9.16. The topological polar surface area (TPSA) is 13.1 Å². The largest absolute Gasteiger partial charge is 0.456 e. The van der Waals surface area contributed by atoms with E-state index in [0.29, 0.717) is 5.92 Å². The van der Waals surface area contributed by atoms with Gasteiger partial charge in [0.05, 0.1) is 0 Å². The molecule has 0 saturated carbocycles. The number of hydrogen-bond donors (Lipinski definition) is 0. The first-order valence-corrected chi connectivity index (χ1v) is 6.47. The molecule has 82 valence electrons. The van der Waals surface area contributed by atoms with Gasteiger partial charge in [-0.3, -0.25) is 0 Å². The Balaban J connectivity index is 2.25. The lowest BCUT2D eigenvalue weighted by atomic mass is 9.90. The van der Waals surface area contributed by atoms with Gasteiger partial charge in [-0.15, -0.1) is 0 Å². The van der Waals surface area contributed by atoms with E-state index >= 15 is 0 Å². The van der Waals surface area contributed by atoms with Crippen LogP contribution in [0.1, 0.15) is 24.7 Å². The Labute approximate surface area is 103 Å². The Morgan fingerprint density at radius 1 is 1.44 bits per heavy atom. The lowest BCUT2D eigenvalue weighted by Crippen LogP contribution is -2.04. The Morgan fingerprint density at radius 2 is 2.31 bits per heavy atom. The Bertz CT molecular complexity index is 565. The molecule has 1 aromatic heterocycles. The number of rotatable bonds is 1. The summed E-state index contributed by atoms with van der Waals surface area (Å²) in [5.74, 6) is 1.69. The van der Waals surface area contributed by atoms with E-state index in [1.54, 1.807) is 0 Å². The summed E-state index contributed by atoms with van der Waals surface area (Å²) in [5, 5.41) is 1.25. The van der Waals surface area contributed by atoms with Gasteiger partial charge in [0.15, 0.2) is 0 Å². The maximum absolute atomic E-state index is 5.85. The molecule has 0 radical (unpaired) electrons. The first-order valence-electron chi connectivity index (χ1n) is 5.67. The van der Waals surface area contributed by atoms with Crippen molar-refractivity contribution in [1.29, 1.82) is 0 Å². The van der Waals surface area contributed by atoms with Crippen molar-refractivity contribution in [2.45, 2.75) is 19.8 Å². The van der Waals surface area contributed by atoms with Gasteiger partial charge in [0.25, 0.3) is 0 Å². The minimum atomic E-state index is 0.653. The maximum atomic E-state index is 5.85. The molecular formula is C14H13BrO. The molecule has 2 aromatic rings. The number of fused-ring (bicyclic) bond motifs is 3. The highest BCUT2D eigenvalue weighted by atomic mass is 79.9. The monoisotopic (exact) mass is 276 g/mol. The summed E-state index contributed by atoms with van der Waals surface area (Å²) in [4.78, 5) is 0. The molecule has 0 spiro atoms. The van der Waals surface area contributed by atoms with Crippen LogP contribution in [0.2, 0.25) is 0 Å². The van der Waals surface area contributed by atoms with Gasteiger partial charge in [0, 0.05) is 15.4 Å². The molecule has 0 amide bonds. The average molecular weight is 277 g/mol. The van der Waals surface area contributed by atoms with Crippen LogP contribution >= 0.6 is 15.9 Å². The Morgan fingerprint density at radius 3 is 3.12 bits per heavy atom. The molecule has 1 heterocycles. The Kier molecular flexibility index (Phi) is 2.40. The van der Waals surface area contributed by atoms with E-state index in [0.717, 1.165) is 22.2 Å². The summed E-state index contributed by atoms with van der Waals surface area (Å²) in [6, 6.07) is 6.13. The highest BCUT2D eigenvalue weighted by molar-refractivity contribution is 9.10. The minimum Gasteiger partial charge on any atom is -0.456 e. The van der Waals surface area contributed by atoms with Crippen LogP contribution in [0.5, 0.6) is 0 Å². The lowest BCUT2D eigenvalue weighted by molar-refractivity contribution is 0.566. The highest BCUT2D eigenvalue weighted by Gasteiger charge is 2.20. The minimum absolute atomic E-state index is 0.653. The van der Waals surface area contributed by atoms with Crippen molar-refractivity contribution in [2.75, 3.05) is 0 Å². The van der Waals surface area contributed by atoms with E-state index in [-0.39, 0.29) is 0 Å². The summed E-state index contributed by atoms with van der Waals surface area (Å²) in [5.41, 5.74) is 2.35. The van der Waals surface area contributed by atoms with Crippen LogP contribution in [0.3, 0.4) is 0 Å². The van der Waals surface area contributed by atoms with Gasteiger partial charge in [0.2, 0.25) is 0 Å². The highest BCUT2D eigenvalue weighted by Crippen LogP contribution is 2.37. The Hall–Kier alpha value is -1.02. The molecule has 1 aliphatic rings. The molecular weight excluding hydrogens is 264 g/mol. The molecule has 1 atom stereocenters. The second-order valence-corrected chi connectivity index (χ2v) is 5.14. The van der Waals surface area contributed by atoms with Gasteiger partial charge in [-0.05, 0) is 37.0 Å². The number of hydrogen-bond acceptors (Lipinski definition) is 1. The second-order valence-electron chi connectivity index (χ2n) is 4.29. The SMILES string of the molecule is CCC1C=Cc2oc3cccc(Br)c3c2C1. The second kappa shape index (κ2) is 3.77. The van der Waals surface area contributed by atoms with E-state index in [4.69, 9.17) is 4.42 Å². The maximum Gasteiger partial charge on any atom is 0.136 e. The van der Waals surface area contributed by atoms with Crippen molar-refractivity contribution in [3.63, 3.8) is 0 Å². The standard InChI is InChI=1S/C14H13BrO/c1-2-9-6-7-12-10(8-9)14-11(15)4-3-5-13(14)16-12/h3-7,9H,2,8H2,1H3. The van der Waals surface area contributed by atoms with Crippen molar-refractivity contribution < 1.29 is 4.42 Å². The van der Waals surface area contributed by atoms with Gasteiger partial charge in [-0.1, -0.05) is 35.0 Å². The molecule has 1 nitrogen and oxygen atoms in total. The van der Waals surface area contributed by atoms with Crippen LogP contribution in [0.15, 0.2) is 33.2 Å². The molecule has 0 bridgehead atoms. The van der Waals surface area contributed by atoms with Crippen molar-refractivity contribution in [2.24, 2.45) is 5.92 Å². The molecule has 1 aliphatic carbocycles. The fourth-order valence-electron chi connectivity index (χ4n) is 2.36. The van der Waals surface area contributed by atoms with Crippen molar-refractivity contribution in [3.05, 3.63) is 40.1 Å². The van der Waals surface area contributed by atoms with E-state index in [1.807, 2.05) is 12.1 Å². The number of benzene rings is 1. The molecule has 3 rings (SSSR count). The fraction of sp³-hybridized carbons (Fsp3) is 0.286. The third-order valence-electron chi connectivity index (χ3n) is 3.30. The quantitative estimate of drug-likeness (QED) is 0.730. The molecule has 2 heteroatoms. The van der Waals surface area contributed by atoms with Crippen LogP contribution in [0, 0.1) is 5.92 Å². The predicted octanol–water partition coefficient (Wildman–Crippen LogP) is 4.79.